The van der Waals surface area contributed by atoms with Crippen LogP contribution in [-0.4, -0.2) is 9.78 Å². The molecule has 0 unspecified atom stereocenters. The second kappa shape index (κ2) is 4.45. The van der Waals surface area contributed by atoms with Crippen LogP contribution in [0.15, 0.2) is 30.3 Å². The molecule has 4 heteroatoms. The van der Waals surface area contributed by atoms with Gasteiger partial charge in [0.05, 0.1) is 11.4 Å². The Labute approximate surface area is 93.7 Å². The molecule has 0 saturated carbocycles. The Balaban J connectivity index is 2.17. The summed E-state index contributed by atoms with van der Waals surface area (Å²) >= 11 is 0. The molecule has 0 fully saturated rings. The van der Waals surface area contributed by atoms with E-state index in [9.17, 15) is 4.39 Å². The van der Waals surface area contributed by atoms with Crippen LogP contribution < -0.4 is 5.73 Å². The van der Waals surface area contributed by atoms with Crippen LogP contribution in [0, 0.1) is 5.82 Å². The summed E-state index contributed by atoms with van der Waals surface area (Å²) < 4.78 is 14.5. The minimum atomic E-state index is -0.215. The second-order valence-corrected chi connectivity index (χ2v) is 3.76. The van der Waals surface area contributed by atoms with Crippen molar-refractivity contribution in [3.05, 3.63) is 53.1 Å². The predicted octanol–water partition coefficient (Wildman–Crippen LogP) is 1.61. The summed E-state index contributed by atoms with van der Waals surface area (Å²) in [7, 11) is 1.87. The highest BCUT2D eigenvalue weighted by molar-refractivity contribution is 5.23. The Bertz CT molecular complexity index is 474. The maximum Gasteiger partial charge on any atom is 0.123 e. The van der Waals surface area contributed by atoms with Gasteiger partial charge in [-0.25, -0.2) is 4.39 Å². The number of aryl methyl sites for hydroxylation is 1. The van der Waals surface area contributed by atoms with Gasteiger partial charge in [0, 0.05) is 20.0 Å². The van der Waals surface area contributed by atoms with Crippen molar-refractivity contribution < 1.29 is 4.39 Å². The molecule has 0 saturated heterocycles. The number of hydrogen-bond donors (Lipinski definition) is 1. The fraction of sp³-hybridized carbons (Fsp3) is 0.250. The van der Waals surface area contributed by atoms with Gasteiger partial charge in [-0.05, 0) is 23.8 Å². The minimum absolute atomic E-state index is 0.215. The van der Waals surface area contributed by atoms with Crippen LogP contribution in [0.4, 0.5) is 4.39 Å². The summed E-state index contributed by atoms with van der Waals surface area (Å²) in [5, 5.41) is 4.34. The van der Waals surface area contributed by atoms with E-state index in [2.05, 4.69) is 5.10 Å². The first kappa shape index (κ1) is 10.8. The van der Waals surface area contributed by atoms with Crippen molar-refractivity contribution in [2.45, 2.75) is 13.0 Å². The van der Waals surface area contributed by atoms with Gasteiger partial charge in [0.2, 0.25) is 0 Å². The number of aromatic nitrogens is 2. The molecule has 1 aromatic carbocycles. The van der Waals surface area contributed by atoms with Crippen LogP contribution in [0.3, 0.4) is 0 Å². The molecule has 0 aliphatic rings. The number of halogens is 1. The topological polar surface area (TPSA) is 43.8 Å². The predicted molar refractivity (Wildman–Crippen MR) is 60.3 cm³/mol. The third-order valence-electron chi connectivity index (χ3n) is 2.53. The number of rotatable bonds is 3. The molecule has 2 aromatic rings. The number of benzene rings is 1. The van der Waals surface area contributed by atoms with Crippen LogP contribution in [-0.2, 0) is 20.0 Å². The smallest absolute Gasteiger partial charge is 0.123 e. The number of nitrogens with zero attached hydrogens (tertiary/aromatic N) is 2. The highest BCUT2D eigenvalue weighted by atomic mass is 19.1. The monoisotopic (exact) mass is 219 g/mol. The van der Waals surface area contributed by atoms with E-state index in [4.69, 9.17) is 5.73 Å². The molecule has 2 N–H and O–H groups in total. The van der Waals surface area contributed by atoms with Crippen molar-refractivity contribution >= 4 is 0 Å². The number of hydrogen-bond acceptors (Lipinski definition) is 2. The quantitative estimate of drug-likeness (QED) is 0.852. The van der Waals surface area contributed by atoms with Gasteiger partial charge in [-0.1, -0.05) is 12.1 Å². The third kappa shape index (κ3) is 2.28. The van der Waals surface area contributed by atoms with Gasteiger partial charge in [0.15, 0.2) is 0 Å². The van der Waals surface area contributed by atoms with Gasteiger partial charge in [-0.3, -0.25) is 4.68 Å². The summed E-state index contributed by atoms with van der Waals surface area (Å²) in [6.07, 6.45) is 0.702. The molecule has 16 heavy (non-hydrogen) atoms. The Morgan fingerprint density at radius 1 is 1.31 bits per heavy atom. The molecule has 0 amide bonds. The largest absolute Gasteiger partial charge is 0.325 e. The average molecular weight is 219 g/mol. The lowest BCUT2D eigenvalue weighted by Gasteiger charge is -1.97. The number of nitrogens with two attached hydrogens (primary N) is 1. The first-order valence-corrected chi connectivity index (χ1v) is 5.15. The molecule has 84 valence electrons. The van der Waals surface area contributed by atoms with Crippen LogP contribution in [0.25, 0.3) is 0 Å². The molecular weight excluding hydrogens is 205 g/mol. The third-order valence-corrected chi connectivity index (χ3v) is 2.53. The lowest BCUT2D eigenvalue weighted by molar-refractivity contribution is 0.627. The van der Waals surface area contributed by atoms with Gasteiger partial charge in [0.25, 0.3) is 0 Å². The molecule has 2 rings (SSSR count). The van der Waals surface area contributed by atoms with E-state index in [1.807, 2.05) is 13.1 Å². The van der Waals surface area contributed by atoms with E-state index in [1.165, 1.54) is 12.1 Å². The maximum atomic E-state index is 12.7. The molecule has 0 bridgehead atoms. The molecule has 0 radical (unpaired) electrons. The standard InChI is InChI=1S/C12H14FN3/c1-16-12(8-14)7-11(15-16)6-9-2-4-10(13)5-3-9/h2-5,7H,6,8,14H2,1H3. The summed E-state index contributed by atoms with van der Waals surface area (Å²) in [6.45, 7) is 0.479. The molecule has 3 nitrogen and oxygen atoms in total. The molecule has 0 aliphatic carbocycles. The zero-order valence-corrected chi connectivity index (χ0v) is 9.15. The van der Waals surface area contributed by atoms with E-state index in [-0.39, 0.29) is 5.82 Å². The lowest BCUT2D eigenvalue weighted by atomic mass is 10.1. The van der Waals surface area contributed by atoms with E-state index in [1.54, 1.807) is 16.8 Å². The van der Waals surface area contributed by atoms with Crippen LogP contribution in [0.2, 0.25) is 0 Å². The lowest BCUT2D eigenvalue weighted by Crippen LogP contribution is -2.03. The molecule has 1 heterocycles. The fourth-order valence-corrected chi connectivity index (χ4v) is 1.66. The van der Waals surface area contributed by atoms with Gasteiger partial charge >= 0.3 is 0 Å². The van der Waals surface area contributed by atoms with Crippen LogP contribution in [0.5, 0.6) is 0 Å². The summed E-state index contributed by atoms with van der Waals surface area (Å²) in [6, 6.07) is 8.44. The molecular formula is C12H14FN3. The second-order valence-electron chi connectivity index (χ2n) is 3.76. The summed E-state index contributed by atoms with van der Waals surface area (Å²) in [4.78, 5) is 0. The Morgan fingerprint density at radius 2 is 2.00 bits per heavy atom. The summed E-state index contributed by atoms with van der Waals surface area (Å²) in [5.41, 5.74) is 8.56. The normalized spacial score (nSPS) is 10.7. The first-order chi connectivity index (χ1) is 7.69. The molecule has 0 spiro atoms. The van der Waals surface area contributed by atoms with Crippen molar-refractivity contribution in [1.82, 2.24) is 9.78 Å². The van der Waals surface area contributed by atoms with Crippen molar-refractivity contribution in [1.29, 1.82) is 0 Å². The summed E-state index contributed by atoms with van der Waals surface area (Å²) in [5.74, 6) is -0.215. The zero-order valence-electron chi connectivity index (χ0n) is 9.15. The average Bonchev–Trinajstić information content (AvgIpc) is 2.62. The fourth-order valence-electron chi connectivity index (χ4n) is 1.66. The molecule has 0 aliphatic heterocycles. The highest BCUT2D eigenvalue weighted by Crippen LogP contribution is 2.10. The Morgan fingerprint density at radius 3 is 2.56 bits per heavy atom. The first-order valence-electron chi connectivity index (χ1n) is 5.15. The van der Waals surface area contributed by atoms with E-state index in [0.717, 1.165) is 17.0 Å². The zero-order chi connectivity index (χ0) is 11.5. The SMILES string of the molecule is Cn1nc(Cc2ccc(F)cc2)cc1CN. The van der Waals surface area contributed by atoms with Gasteiger partial charge in [-0.15, -0.1) is 0 Å². The Hall–Kier alpha value is -1.68. The van der Waals surface area contributed by atoms with Crippen molar-refractivity contribution in [2.24, 2.45) is 12.8 Å². The Kier molecular flexibility index (Phi) is 3.01. The maximum absolute atomic E-state index is 12.7. The van der Waals surface area contributed by atoms with E-state index >= 15 is 0 Å². The van der Waals surface area contributed by atoms with Crippen molar-refractivity contribution in [3.8, 4) is 0 Å². The van der Waals surface area contributed by atoms with Gasteiger partial charge in [-0.2, -0.15) is 5.10 Å². The van der Waals surface area contributed by atoms with Crippen LogP contribution >= 0.6 is 0 Å². The molecule has 0 atom stereocenters. The van der Waals surface area contributed by atoms with Gasteiger partial charge < -0.3 is 5.73 Å². The minimum Gasteiger partial charge on any atom is -0.325 e. The van der Waals surface area contributed by atoms with Crippen molar-refractivity contribution in [2.75, 3.05) is 0 Å². The van der Waals surface area contributed by atoms with Crippen molar-refractivity contribution in [3.63, 3.8) is 0 Å². The highest BCUT2D eigenvalue weighted by Gasteiger charge is 2.04. The van der Waals surface area contributed by atoms with Gasteiger partial charge in [0.1, 0.15) is 5.82 Å². The van der Waals surface area contributed by atoms with E-state index in [0.29, 0.717) is 13.0 Å². The molecule has 1 aromatic heterocycles. The van der Waals surface area contributed by atoms with Crippen LogP contribution in [0.1, 0.15) is 17.0 Å². The van der Waals surface area contributed by atoms with E-state index < -0.39 is 0 Å².